The van der Waals surface area contributed by atoms with Crippen LogP contribution in [0.2, 0.25) is 0 Å². The van der Waals surface area contributed by atoms with Crippen molar-refractivity contribution in [1.29, 1.82) is 0 Å². The Hall–Kier alpha value is -1.85. The Morgan fingerprint density at radius 1 is 0.257 bits per heavy atom. The maximum atomic E-state index is 12.9. The third kappa shape index (κ3) is 61.0. The maximum Gasteiger partial charge on any atom is 0.306 e. The van der Waals surface area contributed by atoms with Gasteiger partial charge in [-0.1, -0.05) is 335 Å². The van der Waals surface area contributed by atoms with E-state index in [0.717, 1.165) is 64.2 Å². The number of rotatable bonds is 63. The molecule has 0 spiro atoms. The van der Waals surface area contributed by atoms with Crippen molar-refractivity contribution >= 4 is 17.9 Å². The minimum absolute atomic E-state index is 0.0671. The molecule has 438 valence electrons. The van der Waals surface area contributed by atoms with Crippen LogP contribution in [0.5, 0.6) is 0 Å². The van der Waals surface area contributed by atoms with Crippen LogP contribution in [0.3, 0.4) is 0 Å². The number of carbonyl (C=O) groups is 3. The summed E-state index contributed by atoms with van der Waals surface area (Å²) in [6.45, 7) is 6.70. The summed E-state index contributed by atoms with van der Waals surface area (Å²) in [6, 6.07) is 0. The summed E-state index contributed by atoms with van der Waals surface area (Å²) < 4.78 is 16.9. The van der Waals surface area contributed by atoms with E-state index in [1.807, 2.05) is 0 Å². The molecule has 0 heterocycles. The number of unbranched alkanes of at least 4 members (excludes halogenated alkanes) is 50. The standard InChI is InChI=1S/C68H130O6/c1-4-7-10-13-16-19-22-24-26-28-29-30-31-32-33-34-35-36-37-38-39-40-42-43-46-49-52-55-58-61-67(70)73-64-65(63-72-66(69)60-57-54-51-48-45-21-18-15-12-9-6-3)74-68(71)62-59-56-53-50-47-44-41-27-25-23-20-17-14-11-8-5-2/h27,41,65H,4-26,28-40,42-64H2,1-3H3/b41-27-. The minimum Gasteiger partial charge on any atom is -0.462 e. The molecule has 0 bridgehead atoms. The zero-order valence-electron chi connectivity index (χ0n) is 50.4. The summed E-state index contributed by atoms with van der Waals surface area (Å²) in [6.07, 6.45) is 75.3. The van der Waals surface area contributed by atoms with Crippen LogP contribution >= 0.6 is 0 Å². The molecule has 0 amide bonds. The molecule has 0 aliphatic rings. The fourth-order valence-electron chi connectivity index (χ4n) is 10.4. The van der Waals surface area contributed by atoms with Gasteiger partial charge in [0.05, 0.1) is 0 Å². The lowest BCUT2D eigenvalue weighted by molar-refractivity contribution is -0.167. The molecule has 0 N–H and O–H groups in total. The first kappa shape index (κ1) is 72.2. The first-order valence-corrected chi connectivity index (χ1v) is 33.7. The predicted octanol–water partition coefficient (Wildman–Crippen LogP) is 22.8. The molecule has 0 aromatic carbocycles. The lowest BCUT2D eigenvalue weighted by Gasteiger charge is -2.18. The van der Waals surface area contributed by atoms with Gasteiger partial charge < -0.3 is 14.2 Å². The van der Waals surface area contributed by atoms with Gasteiger partial charge >= 0.3 is 17.9 Å². The summed E-state index contributed by atoms with van der Waals surface area (Å²) in [5.74, 6) is -0.848. The average Bonchev–Trinajstić information content (AvgIpc) is 3.40. The molecule has 0 aliphatic carbocycles. The van der Waals surface area contributed by atoms with E-state index in [2.05, 4.69) is 32.9 Å². The van der Waals surface area contributed by atoms with Crippen molar-refractivity contribution in [1.82, 2.24) is 0 Å². The lowest BCUT2D eigenvalue weighted by atomic mass is 10.0. The molecule has 1 atom stereocenters. The molecular formula is C68H130O6. The van der Waals surface area contributed by atoms with E-state index in [-0.39, 0.29) is 31.1 Å². The number of hydrogen-bond acceptors (Lipinski definition) is 6. The van der Waals surface area contributed by atoms with Crippen LogP contribution in [0.15, 0.2) is 12.2 Å². The van der Waals surface area contributed by atoms with Crippen molar-refractivity contribution in [3.8, 4) is 0 Å². The highest BCUT2D eigenvalue weighted by Gasteiger charge is 2.19. The van der Waals surface area contributed by atoms with Crippen molar-refractivity contribution in [2.75, 3.05) is 13.2 Å². The van der Waals surface area contributed by atoms with E-state index >= 15 is 0 Å². The van der Waals surface area contributed by atoms with Gasteiger partial charge in [-0.25, -0.2) is 0 Å². The van der Waals surface area contributed by atoms with Crippen molar-refractivity contribution < 1.29 is 28.6 Å². The quantitative estimate of drug-likeness (QED) is 0.0261. The van der Waals surface area contributed by atoms with Gasteiger partial charge in [-0.05, 0) is 44.9 Å². The molecule has 0 aromatic heterocycles. The van der Waals surface area contributed by atoms with Crippen molar-refractivity contribution in [2.24, 2.45) is 0 Å². The summed E-state index contributed by atoms with van der Waals surface area (Å²) in [5.41, 5.74) is 0. The third-order valence-electron chi connectivity index (χ3n) is 15.5. The summed E-state index contributed by atoms with van der Waals surface area (Å²) in [7, 11) is 0. The first-order valence-electron chi connectivity index (χ1n) is 33.7. The normalized spacial score (nSPS) is 12.0. The van der Waals surface area contributed by atoms with Crippen LogP contribution in [0.1, 0.15) is 387 Å². The molecule has 74 heavy (non-hydrogen) atoms. The summed E-state index contributed by atoms with van der Waals surface area (Å²) in [5, 5.41) is 0. The Bertz CT molecular complexity index is 1150. The van der Waals surface area contributed by atoms with E-state index in [1.54, 1.807) is 0 Å². The Labute approximate surface area is 462 Å². The van der Waals surface area contributed by atoms with E-state index < -0.39 is 6.10 Å². The van der Waals surface area contributed by atoms with Gasteiger partial charge in [0.1, 0.15) is 13.2 Å². The van der Waals surface area contributed by atoms with Crippen LogP contribution in [0, 0.1) is 0 Å². The lowest BCUT2D eigenvalue weighted by Crippen LogP contribution is -2.30. The molecule has 1 unspecified atom stereocenters. The zero-order valence-corrected chi connectivity index (χ0v) is 50.4. The number of carbonyl (C=O) groups excluding carboxylic acids is 3. The largest absolute Gasteiger partial charge is 0.462 e. The molecule has 0 rings (SSSR count). The number of hydrogen-bond donors (Lipinski definition) is 0. The van der Waals surface area contributed by atoms with Gasteiger partial charge in [0, 0.05) is 19.3 Å². The fourth-order valence-corrected chi connectivity index (χ4v) is 10.4. The van der Waals surface area contributed by atoms with Gasteiger partial charge in [0.2, 0.25) is 0 Å². The maximum absolute atomic E-state index is 12.9. The van der Waals surface area contributed by atoms with Gasteiger partial charge in [0.15, 0.2) is 6.10 Å². The zero-order chi connectivity index (χ0) is 53.6. The first-order chi connectivity index (χ1) is 36.5. The highest BCUT2D eigenvalue weighted by molar-refractivity contribution is 5.71. The highest BCUT2D eigenvalue weighted by Crippen LogP contribution is 2.19. The Morgan fingerprint density at radius 2 is 0.446 bits per heavy atom. The topological polar surface area (TPSA) is 78.9 Å². The monoisotopic (exact) mass is 1040 g/mol. The van der Waals surface area contributed by atoms with Gasteiger partial charge in [-0.2, -0.15) is 0 Å². The van der Waals surface area contributed by atoms with Crippen molar-refractivity contribution in [2.45, 2.75) is 393 Å². The van der Waals surface area contributed by atoms with Gasteiger partial charge in [-0.15, -0.1) is 0 Å². The molecule has 6 nitrogen and oxygen atoms in total. The molecule has 6 heteroatoms. The van der Waals surface area contributed by atoms with Crippen LogP contribution < -0.4 is 0 Å². The number of allylic oxidation sites excluding steroid dienone is 2. The second kappa shape index (κ2) is 63.7. The van der Waals surface area contributed by atoms with Crippen LogP contribution in [-0.2, 0) is 28.6 Å². The average molecular weight is 1040 g/mol. The second-order valence-corrected chi connectivity index (χ2v) is 23.1. The highest BCUT2D eigenvalue weighted by atomic mass is 16.6. The second-order valence-electron chi connectivity index (χ2n) is 23.1. The number of ether oxygens (including phenoxy) is 3. The molecule has 0 fully saturated rings. The SMILES string of the molecule is CCCCCCCCC/C=C\CCCCCCCC(=O)OC(COC(=O)CCCCCCCCCCCCC)COC(=O)CCCCCCCCCCCCCCCCCCCCCCCCCCCCCCC. The van der Waals surface area contributed by atoms with Gasteiger partial charge in [0.25, 0.3) is 0 Å². The minimum atomic E-state index is -0.769. The smallest absolute Gasteiger partial charge is 0.306 e. The van der Waals surface area contributed by atoms with Crippen molar-refractivity contribution in [3.05, 3.63) is 12.2 Å². The van der Waals surface area contributed by atoms with E-state index in [0.29, 0.717) is 19.3 Å². The molecule has 0 aliphatic heterocycles. The Morgan fingerprint density at radius 3 is 0.676 bits per heavy atom. The number of esters is 3. The summed E-state index contributed by atoms with van der Waals surface area (Å²) in [4.78, 5) is 38.2. The van der Waals surface area contributed by atoms with Crippen LogP contribution in [-0.4, -0.2) is 37.2 Å². The van der Waals surface area contributed by atoms with Gasteiger partial charge in [-0.3, -0.25) is 14.4 Å². The summed E-state index contributed by atoms with van der Waals surface area (Å²) >= 11 is 0. The van der Waals surface area contributed by atoms with Crippen molar-refractivity contribution in [3.63, 3.8) is 0 Å². The molecule has 0 saturated carbocycles. The Kier molecular flexibility index (Phi) is 62.1. The molecule has 0 aromatic rings. The van der Waals surface area contributed by atoms with Crippen LogP contribution in [0.4, 0.5) is 0 Å². The molecular weight excluding hydrogens is 913 g/mol. The van der Waals surface area contributed by atoms with E-state index in [9.17, 15) is 14.4 Å². The van der Waals surface area contributed by atoms with E-state index in [1.165, 1.54) is 283 Å². The molecule has 0 saturated heterocycles. The third-order valence-corrected chi connectivity index (χ3v) is 15.5. The molecule has 0 radical (unpaired) electrons. The predicted molar refractivity (Wildman–Crippen MR) is 321 cm³/mol. The van der Waals surface area contributed by atoms with E-state index in [4.69, 9.17) is 14.2 Å². The fraction of sp³-hybridized carbons (Fsp3) is 0.926. The Balaban J connectivity index is 4.10. The van der Waals surface area contributed by atoms with Crippen LogP contribution in [0.25, 0.3) is 0 Å².